The second-order valence-electron chi connectivity index (χ2n) is 6.12. The van der Waals surface area contributed by atoms with E-state index in [1.165, 1.54) is 38.5 Å². The van der Waals surface area contributed by atoms with E-state index in [1.807, 2.05) is 0 Å². The molecule has 2 heteroatoms. The van der Waals surface area contributed by atoms with Crippen molar-refractivity contribution < 1.29 is 0 Å². The Bertz CT molecular complexity index is 201. The molecule has 1 unspecified atom stereocenters. The maximum atomic E-state index is 6.25. The Hall–Kier alpha value is -0.0800. The lowest BCUT2D eigenvalue weighted by atomic mass is 9.48. The molecule has 14 heavy (non-hydrogen) atoms. The van der Waals surface area contributed by atoms with Crippen LogP contribution in [0.15, 0.2) is 0 Å². The van der Waals surface area contributed by atoms with Gasteiger partial charge in [-0.15, -0.1) is 0 Å². The molecular formula is C12H22N2. The minimum Gasteiger partial charge on any atom is -0.329 e. The van der Waals surface area contributed by atoms with Crippen molar-refractivity contribution in [1.82, 2.24) is 0 Å². The Kier molecular flexibility index (Phi) is 1.94. The van der Waals surface area contributed by atoms with E-state index < -0.39 is 0 Å². The Morgan fingerprint density at radius 1 is 1.00 bits per heavy atom. The molecule has 0 aliphatic heterocycles. The van der Waals surface area contributed by atoms with Crippen LogP contribution in [0, 0.1) is 23.2 Å². The zero-order valence-electron chi connectivity index (χ0n) is 8.91. The predicted molar refractivity (Wildman–Crippen MR) is 57.6 cm³/mol. The third-order valence-corrected chi connectivity index (χ3v) is 5.13. The molecule has 4 aliphatic carbocycles. The summed E-state index contributed by atoms with van der Waals surface area (Å²) in [4.78, 5) is 0. The summed E-state index contributed by atoms with van der Waals surface area (Å²) in [5.74, 6) is 3.00. The first-order valence-electron chi connectivity index (χ1n) is 6.17. The number of nitrogens with two attached hydrogens (primary N) is 2. The number of hydrogen-bond donors (Lipinski definition) is 2. The topological polar surface area (TPSA) is 52.0 Å². The van der Waals surface area contributed by atoms with Crippen molar-refractivity contribution in [3.05, 3.63) is 0 Å². The molecule has 4 fully saturated rings. The van der Waals surface area contributed by atoms with Gasteiger partial charge in [0, 0.05) is 12.6 Å². The SMILES string of the molecule is NCC(N)C12CC3CC(CC(C3)C1)C2. The van der Waals surface area contributed by atoms with E-state index in [4.69, 9.17) is 11.5 Å². The van der Waals surface area contributed by atoms with Gasteiger partial charge in [-0.2, -0.15) is 0 Å². The molecule has 0 aromatic rings. The number of hydrogen-bond acceptors (Lipinski definition) is 2. The molecule has 4 rings (SSSR count). The van der Waals surface area contributed by atoms with Gasteiger partial charge >= 0.3 is 0 Å². The number of rotatable bonds is 2. The normalized spacial score (nSPS) is 52.3. The van der Waals surface area contributed by atoms with Gasteiger partial charge in [0.25, 0.3) is 0 Å². The van der Waals surface area contributed by atoms with Crippen LogP contribution >= 0.6 is 0 Å². The molecule has 80 valence electrons. The molecule has 2 nitrogen and oxygen atoms in total. The molecule has 4 saturated carbocycles. The smallest absolute Gasteiger partial charge is 0.0220 e. The van der Waals surface area contributed by atoms with Gasteiger partial charge in [0.05, 0.1) is 0 Å². The van der Waals surface area contributed by atoms with E-state index in [9.17, 15) is 0 Å². The van der Waals surface area contributed by atoms with E-state index in [2.05, 4.69) is 0 Å². The fraction of sp³-hybridized carbons (Fsp3) is 1.00. The summed E-state index contributed by atoms with van der Waals surface area (Å²) in [6.45, 7) is 0.687. The zero-order chi connectivity index (χ0) is 9.76. The van der Waals surface area contributed by atoms with Gasteiger partial charge < -0.3 is 11.5 Å². The van der Waals surface area contributed by atoms with Crippen LogP contribution in [-0.2, 0) is 0 Å². The van der Waals surface area contributed by atoms with Crippen molar-refractivity contribution in [1.29, 1.82) is 0 Å². The van der Waals surface area contributed by atoms with Crippen LogP contribution in [0.1, 0.15) is 38.5 Å². The van der Waals surface area contributed by atoms with Crippen LogP contribution in [0.5, 0.6) is 0 Å². The second-order valence-corrected chi connectivity index (χ2v) is 6.12. The average Bonchev–Trinajstić information content (AvgIpc) is 2.14. The van der Waals surface area contributed by atoms with Gasteiger partial charge in [-0.25, -0.2) is 0 Å². The minimum atomic E-state index is 0.274. The molecule has 0 radical (unpaired) electrons. The van der Waals surface area contributed by atoms with Crippen LogP contribution in [0.25, 0.3) is 0 Å². The largest absolute Gasteiger partial charge is 0.329 e. The Morgan fingerprint density at radius 3 is 1.79 bits per heavy atom. The Balaban J connectivity index is 1.87. The maximum Gasteiger partial charge on any atom is 0.0220 e. The molecule has 0 spiro atoms. The fourth-order valence-corrected chi connectivity index (χ4v) is 4.88. The van der Waals surface area contributed by atoms with Crippen molar-refractivity contribution in [3.8, 4) is 0 Å². The van der Waals surface area contributed by atoms with E-state index >= 15 is 0 Å². The van der Waals surface area contributed by atoms with Crippen LogP contribution in [-0.4, -0.2) is 12.6 Å². The highest BCUT2D eigenvalue weighted by Crippen LogP contribution is 2.60. The first kappa shape index (κ1) is 9.17. The average molecular weight is 194 g/mol. The summed E-state index contributed by atoms with van der Waals surface area (Å²) in [6, 6.07) is 0.274. The molecule has 4 aliphatic rings. The van der Waals surface area contributed by atoms with Gasteiger partial charge in [0.2, 0.25) is 0 Å². The summed E-state index contributed by atoms with van der Waals surface area (Å²) in [5, 5.41) is 0. The van der Waals surface area contributed by atoms with Crippen molar-refractivity contribution in [2.24, 2.45) is 34.6 Å². The first-order valence-corrected chi connectivity index (χ1v) is 6.17. The first-order chi connectivity index (χ1) is 6.72. The van der Waals surface area contributed by atoms with E-state index in [1.54, 1.807) is 0 Å². The van der Waals surface area contributed by atoms with Gasteiger partial charge in [-0.3, -0.25) is 0 Å². The fourth-order valence-electron chi connectivity index (χ4n) is 4.88. The molecule has 0 aromatic carbocycles. The van der Waals surface area contributed by atoms with Crippen molar-refractivity contribution in [3.63, 3.8) is 0 Å². The molecule has 1 atom stereocenters. The minimum absolute atomic E-state index is 0.274. The highest BCUT2D eigenvalue weighted by molar-refractivity contribution is 5.05. The van der Waals surface area contributed by atoms with Crippen LogP contribution in [0.2, 0.25) is 0 Å². The van der Waals surface area contributed by atoms with Gasteiger partial charge in [0.1, 0.15) is 0 Å². The van der Waals surface area contributed by atoms with Gasteiger partial charge in [0.15, 0.2) is 0 Å². The summed E-state index contributed by atoms with van der Waals surface area (Å²) in [6.07, 6.45) is 8.65. The monoisotopic (exact) mass is 194 g/mol. The molecule has 0 heterocycles. The standard InChI is InChI=1S/C12H22N2/c13-7-11(14)12-4-8-1-9(5-12)3-10(2-8)6-12/h8-11H,1-7,13-14H2. The molecule has 0 saturated heterocycles. The van der Waals surface area contributed by atoms with E-state index in [-0.39, 0.29) is 6.04 Å². The molecule has 0 amide bonds. The molecule has 4 bridgehead atoms. The lowest BCUT2D eigenvalue weighted by Crippen LogP contribution is -2.56. The Morgan fingerprint density at radius 2 is 1.43 bits per heavy atom. The van der Waals surface area contributed by atoms with E-state index in [0.29, 0.717) is 12.0 Å². The molecule has 4 N–H and O–H groups in total. The molecular weight excluding hydrogens is 172 g/mol. The summed E-state index contributed by atoms with van der Waals surface area (Å²) < 4.78 is 0. The highest BCUT2D eigenvalue weighted by atomic mass is 14.8. The summed E-state index contributed by atoms with van der Waals surface area (Å²) >= 11 is 0. The van der Waals surface area contributed by atoms with Crippen LogP contribution < -0.4 is 11.5 Å². The van der Waals surface area contributed by atoms with Crippen LogP contribution in [0.3, 0.4) is 0 Å². The Labute approximate surface area is 86.4 Å². The van der Waals surface area contributed by atoms with Crippen molar-refractivity contribution in [2.45, 2.75) is 44.6 Å². The third-order valence-electron chi connectivity index (χ3n) is 5.13. The van der Waals surface area contributed by atoms with Gasteiger partial charge in [-0.1, -0.05) is 0 Å². The predicted octanol–water partition coefficient (Wildman–Crippen LogP) is 1.49. The summed E-state index contributed by atoms with van der Waals surface area (Å²) in [5.41, 5.74) is 12.5. The molecule has 0 aromatic heterocycles. The van der Waals surface area contributed by atoms with Crippen molar-refractivity contribution >= 4 is 0 Å². The zero-order valence-corrected chi connectivity index (χ0v) is 8.91. The van der Waals surface area contributed by atoms with Crippen LogP contribution in [0.4, 0.5) is 0 Å². The maximum absolute atomic E-state index is 6.25. The quantitative estimate of drug-likeness (QED) is 0.699. The summed E-state index contributed by atoms with van der Waals surface area (Å²) in [7, 11) is 0. The lowest BCUT2D eigenvalue weighted by Gasteiger charge is -2.58. The highest BCUT2D eigenvalue weighted by Gasteiger charge is 2.52. The second kappa shape index (κ2) is 2.96. The van der Waals surface area contributed by atoms with Crippen molar-refractivity contribution in [2.75, 3.05) is 6.54 Å². The van der Waals surface area contributed by atoms with E-state index in [0.717, 1.165) is 17.8 Å². The third kappa shape index (κ3) is 1.17. The lowest BCUT2D eigenvalue weighted by molar-refractivity contribution is -0.0652. The van der Waals surface area contributed by atoms with Gasteiger partial charge in [-0.05, 0) is 61.7 Å².